The van der Waals surface area contributed by atoms with Gasteiger partial charge in [-0.1, -0.05) is 0 Å². The van der Waals surface area contributed by atoms with Crippen LogP contribution in [0.15, 0.2) is 28.4 Å². The van der Waals surface area contributed by atoms with Crippen molar-refractivity contribution in [1.82, 2.24) is 0 Å². The van der Waals surface area contributed by atoms with Crippen molar-refractivity contribution in [3.05, 3.63) is 23.8 Å². The van der Waals surface area contributed by atoms with E-state index in [0.717, 1.165) is 23.5 Å². The lowest BCUT2D eigenvalue weighted by Crippen LogP contribution is -2.21. The molecule has 90 valence electrons. The number of nitrogens with two attached hydrogens (primary N) is 2. The standard InChI is InChI=1S/C11H14N4O2/c12-11(13)15-14-7-8-2-3-9-10(6-8)17-5-1-4-16-9/h2-3,6-7H,1,4-5H2,(H4,12,13,15). The molecule has 0 radical (unpaired) electrons. The molecular weight excluding hydrogens is 220 g/mol. The Kier molecular flexibility index (Phi) is 3.44. The van der Waals surface area contributed by atoms with Crippen LogP contribution in [0.4, 0.5) is 0 Å². The van der Waals surface area contributed by atoms with E-state index in [4.69, 9.17) is 20.9 Å². The van der Waals surface area contributed by atoms with Crippen LogP contribution in [0.3, 0.4) is 0 Å². The summed E-state index contributed by atoms with van der Waals surface area (Å²) >= 11 is 0. The normalized spacial score (nSPS) is 14.4. The molecule has 6 heteroatoms. The van der Waals surface area contributed by atoms with Gasteiger partial charge in [0.25, 0.3) is 0 Å². The molecule has 0 aliphatic carbocycles. The molecule has 1 heterocycles. The third-order valence-corrected chi connectivity index (χ3v) is 2.15. The van der Waals surface area contributed by atoms with Crippen LogP contribution in [0.1, 0.15) is 12.0 Å². The Labute approximate surface area is 98.9 Å². The predicted octanol–water partition coefficient (Wildman–Crippen LogP) is 0.455. The minimum absolute atomic E-state index is 0.0735. The summed E-state index contributed by atoms with van der Waals surface area (Å²) in [6.07, 6.45) is 2.43. The van der Waals surface area contributed by atoms with Crippen molar-refractivity contribution >= 4 is 12.2 Å². The third-order valence-electron chi connectivity index (χ3n) is 2.15. The molecule has 2 rings (SSSR count). The fourth-order valence-electron chi connectivity index (χ4n) is 1.42. The van der Waals surface area contributed by atoms with Crippen LogP contribution in [0, 0.1) is 0 Å². The SMILES string of the molecule is NC(N)=NN=Cc1ccc2c(c1)OCCCO2. The lowest BCUT2D eigenvalue weighted by Gasteiger charge is -2.06. The molecule has 0 bridgehead atoms. The highest BCUT2D eigenvalue weighted by atomic mass is 16.5. The largest absolute Gasteiger partial charge is 0.490 e. The number of hydrogen-bond donors (Lipinski definition) is 2. The van der Waals surface area contributed by atoms with Gasteiger partial charge in [-0.05, 0) is 23.8 Å². The van der Waals surface area contributed by atoms with Crippen molar-refractivity contribution in [2.75, 3.05) is 13.2 Å². The molecule has 0 aromatic heterocycles. The van der Waals surface area contributed by atoms with Crippen molar-refractivity contribution in [3.63, 3.8) is 0 Å². The van der Waals surface area contributed by atoms with E-state index in [9.17, 15) is 0 Å². The van der Waals surface area contributed by atoms with Gasteiger partial charge >= 0.3 is 0 Å². The quantitative estimate of drug-likeness (QED) is 0.441. The third kappa shape index (κ3) is 3.10. The lowest BCUT2D eigenvalue weighted by molar-refractivity contribution is 0.297. The van der Waals surface area contributed by atoms with Gasteiger partial charge in [-0.15, -0.1) is 5.10 Å². The molecule has 6 nitrogen and oxygen atoms in total. The molecule has 0 amide bonds. The van der Waals surface area contributed by atoms with Crippen LogP contribution in [0.25, 0.3) is 0 Å². The molecule has 17 heavy (non-hydrogen) atoms. The van der Waals surface area contributed by atoms with E-state index in [2.05, 4.69) is 10.2 Å². The lowest BCUT2D eigenvalue weighted by atomic mass is 10.2. The maximum absolute atomic E-state index is 5.54. The van der Waals surface area contributed by atoms with Gasteiger partial charge in [-0.25, -0.2) is 0 Å². The zero-order valence-electron chi connectivity index (χ0n) is 9.30. The van der Waals surface area contributed by atoms with Crippen molar-refractivity contribution in [2.24, 2.45) is 21.7 Å². The van der Waals surface area contributed by atoms with Crippen LogP contribution in [-0.2, 0) is 0 Å². The fraction of sp³-hybridized carbons (Fsp3) is 0.273. The van der Waals surface area contributed by atoms with E-state index in [1.165, 1.54) is 0 Å². The van der Waals surface area contributed by atoms with E-state index in [0.29, 0.717) is 13.2 Å². The first kappa shape index (κ1) is 11.3. The van der Waals surface area contributed by atoms with E-state index in [1.54, 1.807) is 6.21 Å². The Morgan fingerprint density at radius 1 is 1.18 bits per heavy atom. The first-order chi connectivity index (χ1) is 8.25. The van der Waals surface area contributed by atoms with Crippen LogP contribution in [0.2, 0.25) is 0 Å². The Morgan fingerprint density at radius 2 is 1.94 bits per heavy atom. The van der Waals surface area contributed by atoms with Crippen LogP contribution in [0.5, 0.6) is 11.5 Å². The first-order valence-corrected chi connectivity index (χ1v) is 5.27. The molecule has 0 unspecified atom stereocenters. The van der Waals surface area contributed by atoms with Gasteiger partial charge in [-0.3, -0.25) is 0 Å². The second-order valence-corrected chi connectivity index (χ2v) is 3.53. The highest BCUT2D eigenvalue weighted by Gasteiger charge is 2.09. The summed E-state index contributed by atoms with van der Waals surface area (Å²) in [5.41, 5.74) is 11.2. The van der Waals surface area contributed by atoms with E-state index in [-0.39, 0.29) is 5.96 Å². The van der Waals surface area contributed by atoms with Crippen molar-refractivity contribution < 1.29 is 9.47 Å². The average Bonchev–Trinajstić information content (AvgIpc) is 2.53. The summed E-state index contributed by atoms with van der Waals surface area (Å²) in [7, 11) is 0. The van der Waals surface area contributed by atoms with Gasteiger partial charge in [-0.2, -0.15) is 5.10 Å². The molecule has 1 aromatic rings. The molecule has 1 aromatic carbocycles. The minimum atomic E-state index is -0.0735. The Balaban J connectivity index is 2.18. The average molecular weight is 234 g/mol. The Hall–Kier alpha value is -2.24. The molecule has 0 saturated heterocycles. The minimum Gasteiger partial charge on any atom is -0.490 e. The second-order valence-electron chi connectivity index (χ2n) is 3.53. The van der Waals surface area contributed by atoms with Gasteiger partial charge in [0.15, 0.2) is 11.5 Å². The molecule has 0 saturated carbocycles. The van der Waals surface area contributed by atoms with Crippen molar-refractivity contribution in [3.8, 4) is 11.5 Å². The molecule has 0 spiro atoms. The summed E-state index contributed by atoms with van der Waals surface area (Å²) in [5, 5.41) is 7.25. The first-order valence-electron chi connectivity index (χ1n) is 5.27. The van der Waals surface area contributed by atoms with Crippen molar-refractivity contribution in [1.29, 1.82) is 0 Å². The molecule has 4 N–H and O–H groups in total. The van der Waals surface area contributed by atoms with Gasteiger partial charge in [0.2, 0.25) is 5.96 Å². The number of nitrogens with zero attached hydrogens (tertiary/aromatic N) is 2. The van der Waals surface area contributed by atoms with Gasteiger partial charge in [0, 0.05) is 6.42 Å². The summed E-state index contributed by atoms with van der Waals surface area (Å²) in [5.74, 6) is 1.40. The number of guanidine groups is 1. The van der Waals surface area contributed by atoms with Crippen LogP contribution >= 0.6 is 0 Å². The Morgan fingerprint density at radius 3 is 2.71 bits per heavy atom. The van der Waals surface area contributed by atoms with Crippen LogP contribution in [-0.4, -0.2) is 25.4 Å². The highest BCUT2D eigenvalue weighted by molar-refractivity contribution is 5.82. The maximum atomic E-state index is 5.54. The molecule has 0 atom stereocenters. The van der Waals surface area contributed by atoms with E-state index < -0.39 is 0 Å². The number of ether oxygens (including phenoxy) is 2. The van der Waals surface area contributed by atoms with Gasteiger partial charge in [0.1, 0.15) is 0 Å². The fourth-order valence-corrected chi connectivity index (χ4v) is 1.42. The number of benzene rings is 1. The molecule has 0 fully saturated rings. The molecule has 1 aliphatic heterocycles. The second kappa shape index (κ2) is 5.20. The zero-order valence-corrected chi connectivity index (χ0v) is 9.30. The summed E-state index contributed by atoms with van der Waals surface area (Å²) in [6, 6.07) is 5.54. The molecular formula is C11H14N4O2. The number of hydrogen-bond acceptors (Lipinski definition) is 4. The summed E-state index contributed by atoms with van der Waals surface area (Å²) < 4.78 is 11.1. The maximum Gasteiger partial charge on any atom is 0.211 e. The molecule has 1 aliphatic rings. The zero-order chi connectivity index (χ0) is 12.1. The topological polar surface area (TPSA) is 95.2 Å². The van der Waals surface area contributed by atoms with Crippen LogP contribution < -0.4 is 20.9 Å². The predicted molar refractivity (Wildman–Crippen MR) is 65.5 cm³/mol. The van der Waals surface area contributed by atoms with Gasteiger partial charge < -0.3 is 20.9 Å². The Bertz CT molecular complexity index is 453. The summed E-state index contributed by atoms with van der Waals surface area (Å²) in [4.78, 5) is 0. The number of fused-ring (bicyclic) bond motifs is 1. The summed E-state index contributed by atoms with van der Waals surface area (Å²) in [6.45, 7) is 1.33. The highest BCUT2D eigenvalue weighted by Crippen LogP contribution is 2.29. The van der Waals surface area contributed by atoms with E-state index in [1.807, 2.05) is 18.2 Å². The monoisotopic (exact) mass is 234 g/mol. The van der Waals surface area contributed by atoms with E-state index >= 15 is 0 Å². The number of rotatable bonds is 2. The van der Waals surface area contributed by atoms with Gasteiger partial charge in [0.05, 0.1) is 19.4 Å². The van der Waals surface area contributed by atoms with Crippen molar-refractivity contribution in [2.45, 2.75) is 6.42 Å². The smallest absolute Gasteiger partial charge is 0.211 e.